The SMILES string of the molecule is Cc1cc(C)c([C@@H](C)Sc2nnc3cc(C)nc(C)n23)c(C)c1. The maximum atomic E-state index is 4.53. The van der Waals surface area contributed by atoms with E-state index in [-0.39, 0.29) is 0 Å². The molecule has 5 heteroatoms. The standard InChI is InChI=1S/C18H22N4S/c1-10-7-11(2)17(12(3)8-10)14(5)23-18-21-20-16-9-13(4)19-15(6)22(16)18/h7-9,14H,1-6H3/t14-/m1/s1. The molecule has 0 bridgehead atoms. The smallest absolute Gasteiger partial charge is 0.197 e. The molecule has 4 nitrogen and oxygen atoms in total. The molecule has 0 N–H and O–H groups in total. The van der Waals surface area contributed by atoms with Gasteiger partial charge in [0.1, 0.15) is 5.82 Å². The van der Waals surface area contributed by atoms with Gasteiger partial charge in [0.05, 0.1) is 0 Å². The molecule has 2 aromatic heterocycles. The van der Waals surface area contributed by atoms with Crippen LogP contribution in [0.4, 0.5) is 0 Å². The van der Waals surface area contributed by atoms with Crippen LogP contribution in [0.15, 0.2) is 23.4 Å². The molecule has 0 saturated heterocycles. The Kier molecular flexibility index (Phi) is 4.15. The van der Waals surface area contributed by atoms with Gasteiger partial charge in [-0.05, 0) is 58.2 Å². The summed E-state index contributed by atoms with van der Waals surface area (Å²) < 4.78 is 2.03. The highest BCUT2D eigenvalue weighted by Crippen LogP contribution is 2.37. The van der Waals surface area contributed by atoms with Crippen molar-refractivity contribution in [2.45, 2.75) is 51.9 Å². The van der Waals surface area contributed by atoms with Crippen molar-refractivity contribution in [1.29, 1.82) is 0 Å². The lowest BCUT2D eigenvalue weighted by atomic mass is 9.98. The summed E-state index contributed by atoms with van der Waals surface area (Å²) >= 11 is 1.74. The molecule has 0 unspecified atom stereocenters. The van der Waals surface area contributed by atoms with Crippen molar-refractivity contribution in [3.63, 3.8) is 0 Å². The third-order valence-electron chi connectivity index (χ3n) is 4.08. The number of benzene rings is 1. The molecule has 3 rings (SSSR count). The highest BCUT2D eigenvalue weighted by molar-refractivity contribution is 7.99. The number of aromatic nitrogens is 4. The topological polar surface area (TPSA) is 43.1 Å². The van der Waals surface area contributed by atoms with Gasteiger partial charge in [-0.25, -0.2) is 4.98 Å². The van der Waals surface area contributed by atoms with Crippen molar-refractivity contribution in [2.24, 2.45) is 0 Å². The summed E-state index contributed by atoms with van der Waals surface area (Å²) in [7, 11) is 0. The van der Waals surface area contributed by atoms with Crippen LogP contribution in [0.3, 0.4) is 0 Å². The van der Waals surface area contributed by atoms with Crippen LogP contribution in [-0.2, 0) is 0 Å². The predicted octanol–water partition coefficient (Wildman–Crippen LogP) is 4.52. The van der Waals surface area contributed by atoms with Gasteiger partial charge in [0.15, 0.2) is 10.8 Å². The highest BCUT2D eigenvalue weighted by Gasteiger charge is 2.18. The monoisotopic (exact) mass is 326 g/mol. The molecular formula is C18H22N4S. The van der Waals surface area contributed by atoms with Gasteiger partial charge in [-0.15, -0.1) is 10.2 Å². The van der Waals surface area contributed by atoms with E-state index in [4.69, 9.17) is 0 Å². The average Bonchev–Trinajstić information content (AvgIpc) is 2.80. The van der Waals surface area contributed by atoms with E-state index in [1.165, 1.54) is 22.3 Å². The Balaban J connectivity index is 2.00. The fourth-order valence-electron chi connectivity index (χ4n) is 3.33. The summed E-state index contributed by atoms with van der Waals surface area (Å²) in [5.74, 6) is 0.928. The molecule has 0 aliphatic heterocycles. The fraction of sp³-hybridized carbons (Fsp3) is 0.389. The normalized spacial score (nSPS) is 12.8. The van der Waals surface area contributed by atoms with Crippen LogP contribution in [0.2, 0.25) is 0 Å². The summed E-state index contributed by atoms with van der Waals surface area (Å²) in [6.45, 7) is 12.7. The second-order valence-electron chi connectivity index (χ2n) is 6.19. The van der Waals surface area contributed by atoms with E-state index in [1.54, 1.807) is 11.8 Å². The van der Waals surface area contributed by atoms with Crippen LogP contribution in [0.1, 0.15) is 45.9 Å². The molecule has 0 aliphatic carbocycles. The maximum Gasteiger partial charge on any atom is 0.197 e. The lowest BCUT2D eigenvalue weighted by molar-refractivity contribution is 0.848. The molecule has 0 amide bonds. The van der Waals surface area contributed by atoms with Crippen LogP contribution in [-0.4, -0.2) is 19.6 Å². The van der Waals surface area contributed by atoms with E-state index >= 15 is 0 Å². The molecule has 1 atom stereocenters. The fourth-order valence-corrected chi connectivity index (χ4v) is 4.55. The lowest BCUT2D eigenvalue weighted by Gasteiger charge is -2.17. The van der Waals surface area contributed by atoms with Crippen LogP contribution >= 0.6 is 11.8 Å². The van der Waals surface area contributed by atoms with E-state index in [1.807, 2.05) is 24.3 Å². The molecular weight excluding hydrogens is 304 g/mol. The first-order valence-corrected chi connectivity index (χ1v) is 8.68. The number of hydrogen-bond acceptors (Lipinski definition) is 4. The summed E-state index contributed by atoms with van der Waals surface area (Å²) in [5, 5.41) is 9.88. The van der Waals surface area contributed by atoms with Crippen LogP contribution in [0.25, 0.3) is 5.65 Å². The third-order valence-corrected chi connectivity index (χ3v) is 5.15. The largest absolute Gasteiger partial charge is 0.258 e. The Labute approximate surface area is 141 Å². The number of fused-ring (bicyclic) bond motifs is 1. The van der Waals surface area contributed by atoms with E-state index < -0.39 is 0 Å². The molecule has 0 fully saturated rings. The lowest BCUT2D eigenvalue weighted by Crippen LogP contribution is -2.01. The number of nitrogens with zero attached hydrogens (tertiary/aromatic N) is 4. The Bertz CT molecular complexity index is 859. The number of hydrogen-bond donors (Lipinski definition) is 0. The van der Waals surface area contributed by atoms with Crippen molar-refractivity contribution in [2.75, 3.05) is 0 Å². The van der Waals surface area contributed by atoms with Crippen LogP contribution < -0.4 is 0 Å². The van der Waals surface area contributed by atoms with Gasteiger partial charge < -0.3 is 0 Å². The maximum absolute atomic E-state index is 4.53. The van der Waals surface area contributed by atoms with Crippen molar-refractivity contribution in [1.82, 2.24) is 19.6 Å². The van der Waals surface area contributed by atoms with Gasteiger partial charge in [-0.2, -0.15) is 0 Å². The molecule has 120 valence electrons. The van der Waals surface area contributed by atoms with Gasteiger partial charge in [0, 0.05) is 17.0 Å². The molecule has 0 saturated carbocycles. The Morgan fingerprint density at radius 3 is 2.26 bits per heavy atom. The van der Waals surface area contributed by atoms with E-state index in [0.717, 1.165) is 22.3 Å². The van der Waals surface area contributed by atoms with E-state index in [2.05, 4.69) is 55.0 Å². The zero-order valence-corrected chi connectivity index (χ0v) is 15.3. The van der Waals surface area contributed by atoms with Gasteiger partial charge in [-0.3, -0.25) is 4.40 Å². The zero-order valence-electron chi connectivity index (χ0n) is 14.5. The third kappa shape index (κ3) is 2.98. The molecule has 23 heavy (non-hydrogen) atoms. The number of rotatable bonds is 3. The minimum Gasteiger partial charge on any atom is -0.258 e. The predicted molar refractivity (Wildman–Crippen MR) is 95.2 cm³/mol. The first-order valence-electron chi connectivity index (χ1n) is 7.80. The Morgan fingerprint density at radius 2 is 1.61 bits per heavy atom. The number of thioether (sulfide) groups is 1. The molecule has 3 aromatic rings. The van der Waals surface area contributed by atoms with Crippen molar-refractivity contribution < 1.29 is 0 Å². The summed E-state index contributed by atoms with van der Waals surface area (Å²) in [4.78, 5) is 4.53. The van der Waals surface area contributed by atoms with E-state index in [9.17, 15) is 0 Å². The second kappa shape index (κ2) is 5.96. The van der Waals surface area contributed by atoms with Gasteiger partial charge in [0.2, 0.25) is 0 Å². The van der Waals surface area contributed by atoms with Crippen molar-refractivity contribution in [3.05, 3.63) is 52.0 Å². The van der Waals surface area contributed by atoms with Gasteiger partial charge in [-0.1, -0.05) is 29.5 Å². The Morgan fingerprint density at radius 1 is 0.957 bits per heavy atom. The van der Waals surface area contributed by atoms with Crippen LogP contribution in [0, 0.1) is 34.6 Å². The van der Waals surface area contributed by atoms with Gasteiger partial charge >= 0.3 is 0 Å². The summed E-state index contributed by atoms with van der Waals surface area (Å²) in [6, 6.07) is 6.46. The zero-order chi connectivity index (χ0) is 16.7. The van der Waals surface area contributed by atoms with Crippen molar-refractivity contribution in [3.8, 4) is 0 Å². The summed E-state index contributed by atoms with van der Waals surface area (Å²) in [6.07, 6.45) is 0. The molecule has 0 aliphatic rings. The highest BCUT2D eigenvalue weighted by atomic mass is 32.2. The molecule has 0 spiro atoms. The summed E-state index contributed by atoms with van der Waals surface area (Å²) in [5.41, 5.74) is 7.20. The quantitative estimate of drug-likeness (QED) is 0.664. The molecule has 0 radical (unpaired) electrons. The molecule has 2 heterocycles. The molecule has 1 aromatic carbocycles. The first kappa shape index (κ1) is 16.0. The van der Waals surface area contributed by atoms with E-state index in [0.29, 0.717) is 5.25 Å². The van der Waals surface area contributed by atoms with Crippen molar-refractivity contribution >= 4 is 17.4 Å². The minimum absolute atomic E-state index is 0.309. The number of aryl methyl sites for hydroxylation is 5. The second-order valence-corrected chi connectivity index (χ2v) is 7.50. The average molecular weight is 326 g/mol. The minimum atomic E-state index is 0.309. The van der Waals surface area contributed by atoms with Gasteiger partial charge in [0.25, 0.3) is 0 Å². The van der Waals surface area contributed by atoms with Crippen LogP contribution in [0.5, 0.6) is 0 Å². The first-order chi connectivity index (χ1) is 10.9. The Hall–Kier alpha value is -1.88.